The second kappa shape index (κ2) is 3.77. The Morgan fingerprint density at radius 2 is 2.31 bits per heavy atom. The molecular weight excluding hydrogens is 172 g/mol. The van der Waals surface area contributed by atoms with Crippen LogP contribution in [0.25, 0.3) is 0 Å². The van der Waals surface area contributed by atoms with Crippen LogP contribution in [0.5, 0.6) is 5.75 Å². The molecule has 3 N–H and O–H groups in total. The maximum absolute atomic E-state index is 10.5. The molecule has 0 saturated heterocycles. The van der Waals surface area contributed by atoms with Gasteiger partial charge in [-0.2, -0.15) is 0 Å². The number of anilines is 1. The zero-order valence-corrected chi connectivity index (χ0v) is 7.10. The summed E-state index contributed by atoms with van der Waals surface area (Å²) in [7, 11) is 1.50. The van der Waals surface area contributed by atoms with Gasteiger partial charge in [-0.25, -0.2) is 15.6 Å². The van der Waals surface area contributed by atoms with Crippen LogP contribution in [0, 0.1) is 0 Å². The number of carboxylic acid groups (broad SMARTS) is 1. The molecule has 0 bridgehead atoms. The number of hydrazine groups is 1. The van der Waals surface area contributed by atoms with Gasteiger partial charge in [0.15, 0.2) is 0 Å². The summed E-state index contributed by atoms with van der Waals surface area (Å²) < 4.78 is 4.91. The van der Waals surface area contributed by atoms with Gasteiger partial charge >= 0.3 is 6.09 Å². The van der Waals surface area contributed by atoms with E-state index in [2.05, 4.69) is 0 Å². The highest BCUT2D eigenvalue weighted by molar-refractivity contribution is 5.84. The molecule has 1 amide bonds. The number of nitrogens with two attached hydrogens (primary N) is 1. The lowest BCUT2D eigenvalue weighted by Crippen LogP contribution is -2.35. The third kappa shape index (κ3) is 2.09. The predicted octanol–water partition coefficient (Wildman–Crippen LogP) is 1.05. The lowest BCUT2D eigenvalue weighted by Gasteiger charge is -2.12. The van der Waals surface area contributed by atoms with Crippen molar-refractivity contribution in [3.05, 3.63) is 24.3 Å². The van der Waals surface area contributed by atoms with Crippen molar-refractivity contribution in [3.63, 3.8) is 0 Å². The van der Waals surface area contributed by atoms with Crippen molar-refractivity contribution in [1.82, 2.24) is 0 Å². The van der Waals surface area contributed by atoms with E-state index in [4.69, 9.17) is 15.7 Å². The first-order chi connectivity index (χ1) is 6.15. The average Bonchev–Trinajstić information content (AvgIpc) is 2.16. The monoisotopic (exact) mass is 182 g/mol. The molecule has 0 aliphatic rings. The van der Waals surface area contributed by atoms with Crippen LogP contribution >= 0.6 is 0 Å². The van der Waals surface area contributed by atoms with Gasteiger partial charge < -0.3 is 9.84 Å². The van der Waals surface area contributed by atoms with Crippen molar-refractivity contribution in [2.75, 3.05) is 12.1 Å². The van der Waals surface area contributed by atoms with Crippen LogP contribution in [0.3, 0.4) is 0 Å². The summed E-state index contributed by atoms with van der Waals surface area (Å²) in [5, 5.41) is 9.19. The number of carbonyl (C=O) groups is 1. The van der Waals surface area contributed by atoms with E-state index in [0.717, 1.165) is 0 Å². The SMILES string of the molecule is COc1cccc(N(N)C(=O)O)c1. The van der Waals surface area contributed by atoms with Crippen LogP contribution in [-0.4, -0.2) is 18.3 Å². The largest absolute Gasteiger partial charge is 0.497 e. The zero-order valence-electron chi connectivity index (χ0n) is 7.10. The zero-order chi connectivity index (χ0) is 9.84. The van der Waals surface area contributed by atoms with E-state index >= 15 is 0 Å². The van der Waals surface area contributed by atoms with Gasteiger partial charge in [0.25, 0.3) is 0 Å². The molecule has 0 heterocycles. The second-order valence-electron chi connectivity index (χ2n) is 2.35. The topological polar surface area (TPSA) is 75.8 Å². The van der Waals surface area contributed by atoms with Gasteiger partial charge in [-0.3, -0.25) is 0 Å². The van der Waals surface area contributed by atoms with Crippen molar-refractivity contribution in [1.29, 1.82) is 0 Å². The Kier molecular flexibility index (Phi) is 2.71. The van der Waals surface area contributed by atoms with Crippen LogP contribution in [0.2, 0.25) is 0 Å². The van der Waals surface area contributed by atoms with Crippen molar-refractivity contribution in [2.45, 2.75) is 0 Å². The Morgan fingerprint density at radius 3 is 2.85 bits per heavy atom. The molecule has 0 aromatic heterocycles. The minimum atomic E-state index is -1.21. The average molecular weight is 182 g/mol. The smallest absolute Gasteiger partial charge is 0.426 e. The highest BCUT2D eigenvalue weighted by Crippen LogP contribution is 2.18. The van der Waals surface area contributed by atoms with E-state index < -0.39 is 6.09 Å². The molecule has 1 aromatic rings. The lowest BCUT2D eigenvalue weighted by molar-refractivity contribution is 0.202. The summed E-state index contributed by atoms with van der Waals surface area (Å²) in [5.41, 5.74) is 0.367. The van der Waals surface area contributed by atoms with Crippen molar-refractivity contribution in [3.8, 4) is 5.75 Å². The number of ether oxygens (including phenoxy) is 1. The van der Waals surface area contributed by atoms with Crippen molar-refractivity contribution >= 4 is 11.8 Å². The van der Waals surface area contributed by atoms with Crippen LogP contribution < -0.4 is 15.6 Å². The van der Waals surface area contributed by atoms with E-state index in [0.29, 0.717) is 16.4 Å². The third-order valence-electron chi connectivity index (χ3n) is 1.54. The Morgan fingerprint density at radius 1 is 1.62 bits per heavy atom. The van der Waals surface area contributed by atoms with Crippen molar-refractivity contribution in [2.24, 2.45) is 5.84 Å². The quantitative estimate of drug-likeness (QED) is 0.407. The van der Waals surface area contributed by atoms with E-state index in [-0.39, 0.29) is 0 Å². The normalized spacial score (nSPS) is 9.38. The minimum absolute atomic E-state index is 0.367. The predicted molar refractivity (Wildman–Crippen MR) is 47.7 cm³/mol. The van der Waals surface area contributed by atoms with Gasteiger partial charge in [0.1, 0.15) is 5.75 Å². The molecule has 5 nitrogen and oxygen atoms in total. The number of hydrogen-bond donors (Lipinski definition) is 2. The van der Waals surface area contributed by atoms with Crippen LogP contribution in [0.4, 0.5) is 10.5 Å². The number of benzene rings is 1. The molecule has 1 aromatic carbocycles. The molecule has 0 fully saturated rings. The molecule has 13 heavy (non-hydrogen) atoms. The highest BCUT2D eigenvalue weighted by atomic mass is 16.5. The Hall–Kier alpha value is -1.75. The fourth-order valence-electron chi connectivity index (χ4n) is 0.871. The minimum Gasteiger partial charge on any atom is -0.497 e. The molecule has 0 unspecified atom stereocenters. The molecule has 5 heteroatoms. The van der Waals surface area contributed by atoms with Crippen LogP contribution in [0.15, 0.2) is 24.3 Å². The molecule has 1 rings (SSSR count). The summed E-state index contributed by atoms with van der Waals surface area (Å²) in [6.45, 7) is 0. The fraction of sp³-hybridized carbons (Fsp3) is 0.125. The highest BCUT2D eigenvalue weighted by Gasteiger charge is 2.08. The van der Waals surface area contributed by atoms with Gasteiger partial charge in [-0.1, -0.05) is 6.07 Å². The number of rotatable bonds is 2. The molecule has 0 saturated carbocycles. The van der Waals surface area contributed by atoms with Crippen LogP contribution in [-0.2, 0) is 0 Å². The first-order valence-corrected chi connectivity index (χ1v) is 3.57. The van der Waals surface area contributed by atoms with E-state index in [9.17, 15) is 4.79 Å². The molecule has 0 aliphatic carbocycles. The standard InChI is InChI=1S/C8H10N2O3/c1-13-7-4-2-3-6(5-7)10(9)8(11)12/h2-5H,9H2,1H3,(H,11,12). The number of amides is 1. The first kappa shape index (κ1) is 9.34. The molecule has 0 aliphatic heterocycles. The lowest BCUT2D eigenvalue weighted by atomic mass is 10.3. The Balaban J connectivity index is 2.94. The second-order valence-corrected chi connectivity index (χ2v) is 2.35. The molecule has 70 valence electrons. The van der Waals surface area contributed by atoms with E-state index in [1.807, 2.05) is 0 Å². The number of nitrogens with zero attached hydrogens (tertiary/aromatic N) is 1. The molecule has 0 radical (unpaired) electrons. The fourth-order valence-corrected chi connectivity index (χ4v) is 0.871. The Labute approximate surface area is 75.3 Å². The summed E-state index contributed by atoms with van der Waals surface area (Å²) in [6, 6.07) is 6.49. The van der Waals surface area contributed by atoms with Gasteiger partial charge in [0, 0.05) is 6.07 Å². The molecular formula is C8H10N2O3. The van der Waals surface area contributed by atoms with Crippen molar-refractivity contribution < 1.29 is 14.6 Å². The van der Waals surface area contributed by atoms with Gasteiger partial charge in [0.2, 0.25) is 0 Å². The van der Waals surface area contributed by atoms with E-state index in [1.165, 1.54) is 13.2 Å². The van der Waals surface area contributed by atoms with Gasteiger partial charge in [-0.05, 0) is 12.1 Å². The maximum Gasteiger partial charge on any atom is 0.426 e. The molecule has 0 atom stereocenters. The summed E-state index contributed by atoms with van der Waals surface area (Å²) >= 11 is 0. The summed E-state index contributed by atoms with van der Waals surface area (Å²) in [5.74, 6) is 5.80. The summed E-state index contributed by atoms with van der Waals surface area (Å²) in [4.78, 5) is 10.5. The maximum atomic E-state index is 10.5. The number of methoxy groups -OCH3 is 1. The number of hydrogen-bond acceptors (Lipinski definition) is 3. The third-order valence-corrected chi connectivity index (χ3v) is 1.54. The van der Waals surface area contributed by atoms with Gasteiger partial charge in [0.05, 0.1) is 12.8 Å². The van der Waals surface area contributed by atoms with Gasteiger partial charge in [-0.15, -0.1) is 0 Å². The first-order valence-electron chi connectivity index (χ1n) is 3.57. The van der Waals surface area contributed by atoms with E-state index in [1.54, 1.807) is 18.2 Å². The Bertz CT molecular complexity index is 314. The molecule has 0 spiro atoms. The van der Waals surface area contributed by atoms with Crippen LogP contribution in [0.1, 0.15) is 0 Å². The summed E-state index contributed by atoms with van der Waals surface area (Å²) in [6.07, 6.45) is -1.21.